The molecular formula is C23H29N3O9S. The number of nitro groups is 1. The second-order valence-electron chi connectivity index (χ2n) is 8.65. The Morgan fingerprint density at radius 2 is 1.78 bits per heavy atom. The molecule has 0 saturated carbocycles. The molecule has 36 heavy (non-hydrogen) atoms. The molecule has 0 unspecified atom stereocenters. The standard InChI is InChI=1S/C23H29N3O9S/c1-23(2,3)35-22(28)18(14-21(27)25(4)33-5)24-36(31,32)20-12-11-17(26(29)30)13-19(20)34-15-16-9-7-6-8-10-16/h6-13,18,24H,14-15H2,1-5H3/t18-/m0/s1. The highest BCUT2D eigenvalue weighted by atomic mass is 32.2. The van der Waals surface area contributed by atoms with Gasteiger partial charge >= 0.3 is 5.97 Å². The zero-order valence-electron chi connectivity index (χ0n) is 20.6. The van der Waals surface area contributed by atoms with Crippen LogP contribution in [0.3, 0.4) is 0 Å². The van der Waals surface area contributed by atoms with E-state index in [9.17, 15) is 28.1 Å². The van der Waals surface area contributed by atoms with Crippen LogP contribution in [0.1, 0.15) is 32.8 Å². The van der Waals surface area contributed by atoms with Crippen molar-refractivity contribution < 1.29 is 37.2 Å². The Bertz CT molecular complexity index is 1200. The van der Waals surface area contributed by atoms with Crippen molar-refractivity contribution in [3.63, 3.8) is 0 Å². The Morgan fingerprint density at radius 3 is 2.33 bits per heavy atom. The number of carbonyl (C=O) groups excluding carboxylic acids is 2. The van der Waals surface area contributed by atoms with Crippen LogP contribution in [-0.4, -0.2) is 56.1 Å². The van der Waals surface area contributed by atoms with Crippen molar-refractivity contribution in [2.75, 3.05) is 14.2 Å². The lowest BCUT2D eigenvalue weighted by Gasteiger charge is -2.25. The molecule has 13 heteroatoms. The highest BCUT2D eigenvalue weighted by Crippen LogP contribution is 2.30. The first-order valence-electron chi connectivity index (χ1n) is 10.7. The molecule has 0 bridgehead atoms. The number of esters is 1. The van der Waals surface area contributed by atoms with Gasteiger partial charge in [0.05, 0.1) is 24.5 Å². The number of hydrogen-bond acceptors (Lipinski definition) is 9. The fourth-order valence-electron chi connectivity index (χ4n) is 2.88. The van der Waals surface area contributed by atoms with Gasteiger partial charge in [-0.1, -0.05) is 30.3 Å². The van der Waals surface area contributed by atoms with Gasteiger partial charge in [0.2, 0.25) is 15.9 Å². The summed E-state index contributed by atoms with van der Waals surface area (Å²) in [4.78, 5) is 40.1. The summed E-state index contributed by atoms with van der Waals surface area (Å²) >= 11 is 0. The number of non-ortho nitro benzene ring substituents is 1. The van der Waals surface area contributed by atoms with E-state index in [1.54, 1.807) is 51.1 Å². The average Bonchev–Trinajstić information content (AvgIpc) is 2.80. The van der Waals surface area contributed by atoms with Crippen molar-refractivity contribution in [2.45, 2.75) is 50.3 Å². The maximum absolute atomic E-state index is 13.3. The fraction of sp³-hybridized carbons (Fsp3) is 0.391. The van der Waals surface area contributed by atoms with E-state index >= 15 is 0 Å². The minimum Gasteiger partial charge on any atom is -0.487 e. The van der Waals surface area contributed by atoms with Gasteiger partial charge in [0, 0.05) is 13.1 Å². The highest BCUT2D eigenvalue weighted by Gasteiger charge is 2.34. The van der Waals surface area contributed by atoms with Crippen LogP contribution in [0.25, 0.3) is 0 Å². The van der Waals surface area contributed by atoms with E-state index in [0.717, 1.165) is 23.3 Å². The molecule has 1 N–H and O–H groups in total. The van der Waals surface area contributed by atoms with Gasteiger partial charge in [-0.3, -0.25) is 24.5 Å². The lowest BCUT2D eigenvalue weighted by Crippen LogP contribution is -2.46. The zero-order valence-corrected chi connectivity index (χ0v) is 21.4. The minimum atomic E-state index is -4.53. The lowest BCUT2D eigenvalue weighted by atomic mass is 10.1. The summed E-state index contributed by atoms with van der Waals surface area (Å²) in [6, 6.07) is 10.1. The molecule has 0 heterocycles. The number of hydrogen-bond donors (Lipinski definition) is 1. The van der Waals surface area contributed by atoms with Gasteiger partial charge in [-0.05, 0) is 32.4 Å². The topological polar surface area (TPSA) is 154 Å². The third-order valence-corrected chi connectivity index (χ3v) is 6.17. The van der Waals surface area contributed by atoms with Crippen molar-refractivity contribution in [2.24, 2.45) is 0 Å². The van der Waals surface area contributed by atoms with Gasteiger partial charge in [-0.25, -0.2) is 13.5 Å². The van der Waals surface area contributed by atoms with Crippen LogP contribution in [0.2, 0.25) is 0 Å². The number of amides is 1. The van der Waals surface area contributed by atoms with Gasteiger partial charge in [0.25, 0.3) is 5.69 Å². The molecule has 2 rings (SSSR count). The summed E-state index contributed by atoms with van der Waals surface area (Å²) in [6.45, 7) is 4.69. The average molecular weight is 524 g/mol. The van der Waals surface area contributed by atoms with Crippen LogP contribution in [0.15, 0.2) is 53.4 Å². The molecule has 0 aliphatic heterocycles. The van der Waals surface area contributed by atoms with Crippen LogP contribution >= 0.6 is 0 Å². The summed E-state index contributed by atoms with van der Waals surface area (Å²) < 4.78 is 39.7. The quantitative estimate of drug-likeness (QED) is 0.266. The fourth-order valence-corrected chi connectivity index (χ4v) is 4.19. The second kappa shape index (κ2) is 11.9. The normalized spacial score (nSPS) is 12.5. The van der Waals surface area contributed by atoms with Crippen molar-refractivity contribution in [3.8, 4) is 5.75 Å². The number of nitro benzene ring substituents is 1. The molecule has 1 amide bonds. The van der Waals surface area contributed by atoms with E-state index in [1.807, 2.05) is 0 Å². The minimum absolute atomic E-state index is 0.0723. The number of nitrogens with zero attached hydrogens (tertiary/aromatic N) is 2. The molecule has 196 valence electrons. The summed E-state index contributed by atoms with van der Waals surface area (Å²) in [5.41, 5.74) is -0.661. The third-order valence-electron chi connectivity index (χ3n) is 4.66. The molecular weight excluding hydrogens is 494 g/mol. The van der Waals surface area contributed by atoms with E-state index in [4.69, 9.17) is 14.3 Å². The summed E-state index contributed by atoms with van der Waals surface area (Å²) in [5.74, 6) is -1.98. The molecule has 0 aromatic heterocycles. The predicted octanol–water partition coefficient (Wildman–Crippen LogP) is 2.57. The van der Waals surface area contributed by atoms with E-state index in [-0.39, 0.29) is 12.4 Å². The van der Waals surface area contributed by atoms with Crippen LogP contribution in [0.4, 0.5) is 5.69 Å². The molecule has 0 aliphatic carbocycles. The van der Waals surface area contributed by atoms with E-state index in [2.05, 4.69) is 4.72 Å². The Kier molecular flexibility index (Phi) is 9.50. The maximum Gasteiger partial charge on any atom is 0.325 e. The van der Waals surface area contributed by atoms with E-state index in [0.29, 0.717) is 5.56 Å². The number of nitrogens with one attached hydrogen (secondary N) is 1. The largest absolute Gasteiger partial charge is 0.487 e. The Hall–Kier alpha value is -3.55. The van der Waals surface area contributed by atoms with E-state index in [1.165, 1.54) is 14.2 Å². The summed E-state index contributed by atoms with van der Waals surface area (Å²) in [6.07, 6.45) is -0.605. The molecule has 0 aliphatic rings. The number of rotatable bonds is 11. The smallest absolute Gasteiger partial charge is 0.325 e. The van der Waals surface area contributed by atoms with Crippen molar-refractivity contribution in [1.82, 2.24) is 9.79 Å². The van der Waals surface area contributed by atoms with Crippen LogP contribution < -0.4 is 9.46 Å². The highest BCUT2D eigenvalue weighted by molar-refractivity contribution is 7.89. The lowest BCUT2D eigenvalue weighted by molar-refractivity contribution is -0.385. The van der Waals surface area contributed by atoms with Crippen molar-refractivity contribution in [3.05, 3.63) is 64.2 Å². The van der Waals surface area contributed by atoms with Gasteiger partial charge < -0.3 is 9.47 Å². The number of ether oxygens (including phenoxy) is 2. The number of sulfonamides is 1. The number of benzene rings is 2. The first-order chi connectivity index (χ1) is 16.7. The van der Waals surface area contributed by atoms with Gasteiger partial charge in [-0.15, -0.1) is 0 Å². The van der Waals surface area contributed by atoms with Crippen LogP contribution in [0, 0.1) is 10.1 Å². The van der Waals surface area contributed by atoms with Crippen LogP contribution in [0.5, 0.6) is 5.75 Å². The molecule has 0 spiro atoms. The Labute approximate surface area is 209 Å². The molecule has 1 atom stereocenters. The van der Waals surface area contributed by atoms with Crippen molar-refractivity contribution in [1.29, 1.82) is 0 Å². The molecule has 2 aromatic carbocycles. The summed E-state index contributed by atoms with van der Waals surface area (Å²) in [7, 11) is -1.99. The molecule has 2 aromatic rings. The Morgan fingerprint density at radius 1 is 1.14 bits per heavy atom. The number of carbonyl (C=O) groups is 2. The van der Waals surface area contributed by atoms with Crippen LogP contribution in [-0.2, 0) is 35.8 Å². The molecule has 0 radical (unpaired) electrons. The SMILES string of the molecule is CON(C)C(=O)C[C@H](NS(=O)(=O)c1ccc([N+](=O)[O-])cc1OCc1ccccc1)C(=O)OC(C)(C)C. The van der Waals surface area contributed by atoms with E-state index < -0.39 is 55.5 Å². The predicted molar refractivity (Wildman–Crippen MR) is 128 cm³/mol. The number of hydroxylamine groups is 2. The van der Waals surface area contributed by atoms with Gasteiger partial charge in [0.1, 0.15) is 28.9 Å². The van der Waals surface area contributed by atoms with Gasteiger partial charge in [0.15, 0.2) is 0 Å². The summed E-state index contributed by atoms with van der Waals surface area (Å²) in [5, 5.41) is 12.1. The molecule has 0 saturated heterocycles. The monoisotopic (exact) mass is 523 g/mol. The first kappa shape index (κ1) is 28.7. The second-order valence-corrected chi connectivity index (χ2v) is 10.3. The zero-order chi connectivity index (χ0) is 27.1. The maximum atomic E-state index is 13.3. The van der Waals surface area contributed by atoms with Crippen molar-refractivity contribution >= 4 is 27.6 Å². The van der Waals surface area contributed by atoms with Gasteiger partial charge in [-0.2, -0.15) is 4.72 Å². The molecule has 0 fully saturated rings. The first-order valence-corrected chi connectivity index (χ1v) is 12.2. The molecule has 12 nitrogen and oxygen atoms in total. The third kappa shape index (κ3) is 8.29. The Balaban J connectivity index is 2.43.